The van der Waals surface area contributed by atoms with Gasteiger partial charge in [-0.3, -0.25) is 9.69 Å². The molecule has 0 aromatic rings. The topological polar surface area (TPSA) is 52.6 Å². The fourth-order valence-corrected chi connectivity index (χ4v) is 3.72. The zero-order valence-corrected chi connectivity index (χ0v) is 12.8. The van der Waals surface area contributed by atoms with E-state index in [-0.39, 0.29) is 12.5 Å². The molecule has 1 aliphatic heterocycles. The highest BCUT2D eigenvalue weighted by Crippen LogP contribution is 2.24. The third-order valence-electron chi connectivity index (χ3n) is 5.00. The van der Waals surface area contributed by atoms with Gasteiger partial charge in [0.15, 0.2) is 0 Å². The Morgan fingerprint density at radius 2 is 2.05 bits per heavy atom. The van der Waals surface area contributed by atoms with Crippen LogP contribution in [-0.4, -0.2) is 47.7 Å². The largest absolute Gasteiger partial charge is 0.396 e. The molecule has 116 valence electrons. The van der Waals surface area contributed by atoms with Crippen molar-refractivity contribution in [1.82, 2.24) is 10.2 Å². The summed E-state index contributed by atoms with van der Waals surface area (Å²) in [5.74, 6) is 0.816. The number of carbonyl (C=O) groups is 1. The molecule has 0 aromatic heterocycles. The Labute approximate surface area is 122 Å². The fourth-order valence-electron chi connectivity index (χ4n) is 3.72. The molecular weight excluding hydrogens is 252 g/mol. The first kappa shape index (κ1) is 15.8. The zero-order chi connectivity index (χ0) is 14.4. The second-order valence-corrected chi connectivity index (χ2v) is 6.57. The van der Waals surface area contributed by atoms with Crippen molar-refractivity contribution in [3.8, 4) is 0 Å². The fraction of sp³-hybridized carbons (Fsp3) is 0.938. The molecule has 0 radical (unpaired) electrons. The smallest absolute Gasteiger partial charge is 0.234 e. The predicted molar refractivity (Wildman–Crippen MR) is 80.5 cm³/mol. The summed E-state index contributed by atoms with van der Waals surface area (Å²) >= 11 is 0. The van der Waals surface area contributed by atoms with Crippen molar-refractivity contribution in [3.05, 3.63) is 0 Å². The molecule has 1 aliphatic carbocycles. The lowest BCUT2D eigenvalue weighted by Gasteiger charge is -2.31. The van der Waals surface area contributed by atoms with E-state index in [1.807, 2.05) is 0 Å². The Morgan fingerprint density at radius 3 is 2.80 bits per heavy atom. The Kier molecular flexibility index (Phi) is 6.30. The van der Waals surface area contributed by atoms with Gasteiger partial charge in [-0.15, -0.1) is 0 Å². The number of carbonyl (C=O) groups excluding carboxylic acids is 1. The third-order valence-corrected chi connectivity index (χ3v) is 5.00. The molecule has 4 heteroatoms. The lowest BCUT2D eigenvalue weighted by Crippen LogP contribution is -2.46. The highest BCUT2D eigenvalue weighted by molar-refractivity contribution is 5.78. The normalized spacial score (nSPS) is 31.4. The maximum Gasteiger partial charge on any atom is 0.234 e. The summed E-state index contributed by atoms with van der Waals surface area (Å²) in [6.07, 6.45) is 9.16. The molecule has 0 spiro atoms. The molecule has 2 rings (SSSR count). The van der Waals surface area contributed by atoms with Crippen molar-refractivity contribution in [1.29, 1.82) is 0 Å². The number of hydrogen-bond acceptors (Lipinski definition) is 3. The molecule has 1 amide bonds. The number of nitrogens with one attached hydrogen (secondary N) is 1. The number of likely N-dealkylation sites (tertiary alicyclic amines) is 1. The zero-order valence-electron chi connectivity index (χ0n) is 12.8. The van der Waals surface area contributed by atoms with Gasteiger partial charge in [-0.05, 0) is 51.0 Å². The molecule has 1 heterocycles. The van der Waals surface area contributed by atoms with E-state index in [4.69, 9.17) is 5.11 Å². The maximum atomic E-state index is 12.2. The van der Waals surface area contributed by atoms with Crippen LogP contribution >= 0.6 is 0 Å². The van der Waals surface area contributed by atoms with Gasteiger partial charge in [0.05, 0.1) is 6.54 Å². The first-order valence-corrected chi connectivity index (χ1v) is 8.35. The number of rotatable bonds is 6. The average molecular weight is 282 g/mol. The number of nitrogens with zero attached hydrogens (tertiary/aromatic N) is 1. The first-order valence-electron chi connectivity index (χ1n) is 8.35. The van der Waals surface area contributed by atoms with Crippen molar-refractivity contribution in [2.24, 2.45) is 5.92 Å². The molecule has 4 nitrogen and oxygen atoms in total. The Hall–Kier alpha value is -0.610. The molecule has 2 fully saturated rings. The molecule has 3 atom stereocenters. The van der Waals surface area contributed by atoms with E-state index < -0.39 is 0 Å². The number of aliphatic hydroxyl groups excluding tert-OH is 1. The molecular formula is C16H30N2O2. The van der Waals surface area contributed by atoms with Gasteiger partial charge >= 0.3 is 0 Å². The van der Waals surface area contributed by atoms with Crippen molar-refractivity contribution < 1.29 is 9.90 Å². The lowest BCUT2D eigenvalue weighted by molar-refractivity contribution is -0.123. The molecule has 0 bridgehead atoms. The van der Waals surface area contributed by atoms with Crippen LogP contribution in [0.5, 0.6) is 0 Å². The standard InChI is InChI=1S/C16H30N2O2/c1-13-6-2-3-9-15(13)17-16(20)12-18-10-4-7-14(18)8-5-11-19/h13-15,19H,2-12H2,1H3,(H,17,20). The van der Waals surface area contributed by atoms with Gasteiger partial charge < -0.3 is 10.4 Å². The Morgan fingerprint density at radius 1 is 1.25 bits per heavy atom. The van der Waals surface area contributed by atoms with Gasteiger partial charge in [0, 0.05) is 18.7 Å². The van der Waals surface area contributed by atoms with Crippen molar-refractivity contribution >= 4 is 5.91 Å². The van der Waals surface area contributed by atoms with Crippen molar-refractivity contribution in [3.63, 3.8) is 0 Å². The van der Waals surface area contributed by atoms with Crippen LogP contribution in [0, 0.1) is 5.92 Å². The van der Waals surface area contributed by atoms with Gasteiger partial charge in [-0.25, -0.2) is 0 Å². The SMILES string of the molecule is CC1CCCCC1NC(=O)CN1CCCC1CCCO. The molecule has 3 unspecified atom stereocenters. The van der Waals surface area contributed by atoms with Crippen LogP contribution < -0.4 is 5.32 Å². The van der Waals surface area contributed by atoms with E-state index in [1.165, 1.54) is 32.1 Å². The van der Waals surface area contributed by atoms with E-state index >= 15 is 0 Å². The van der Waals surface area contributed by atoms with Crippen LogP contribution in [0.25, 0.3) is 0 Å². The van der Waals surface area contributed by atoms with Crippen LogP contribution in [0.4, 0.5) is 0 Å². The minimum absolute atomic E-state index is 0.194. The minimum Gasteiger partial charge on any atom is -0.396 e. The maximum absolute atomic E-state index is 12.2. The van der Waals surface area contributed by atoms with E-state index in [1.54, 1.807) is 0 Å². The molecule has 2 aliphatic rings. The molecule has 1 saturated heterocycles. The second-order valence-electron chi connectivity index (χ2n) is 6.57. The second kappa shape index (κ2) is 7.99. The van der Waals surface area contributed by atoms with Gasteiger partial charge in [0.2, 0.25) is 5.91 Å². The van der Waals surface area contributed by atoms with Crippen molar-refractivity contribution in [2.45, 2.75) is 70.4 Å². The van der Waals surface area contributed by atoms with Crippen LogP contribution in [0.2, 0.25) is 0 Å². The molecule has 20 heavy (non-hydrogen) atoms. The van der Waals surface area contributed by atoms with Gasteiger partial charge in [0.25, 0.3) is 0 Å². The third kappa shape index (κ3) is 4.45. The quantitative estimate of drug-likeness (QED) is 0.782. The van der Waals surface area contributed by atoms with E-state index in [2.05, 4.69) is 17.1 Å². The predicted octanol–water partition coefficient (Wildman–Crippen LogP) is 1.92. The highest BCUT2D eigenvalue weighted by Gasteiger charge is 2.28. The van der Waals surface area contributed by atoms with Gasteiger partial charge in [-0.1, -0.05) is 19.8 Å². The van der Waals surface area contributed by atoms with Crippen LogP contribution in [0.1, 0.15) is 58.3 Å². The van der Waals surface area contributed by atoms with Crippen molar-refractivity contribution in [2.75, 3.05) is 19.7 Å². The molecule has 2 N–H and O–H groups in total. The number of hydrogen-bond donors (Lipinski definition) is 2. The number of amides is 1. The van der Waals surface area contributed by atoms with E-state index in [0.717, 1.165) is 25.8 Å². The molecule has 1 saturated carbocycles. The summed E-state index contributed by atoms with van der Waals surface area (Å²) in [5, 5.41) is 12.2. The molecule has 0 aromatic carbocycles. The monoisotopic (exact) mass is 282 g/mol. The average Bonchev–Trinajstić information content (AvgIpc) is 2.86. The van der Waals surface area contributed by atoms with E-state index in [0.29, 0.717) is 24.5 Å². The van der Waals surface area contributed by atoms with E-state index in [9.17, 15) is 4.79 Å². The van der Waals surface area contributed by atoms with Crippen LogP contribution in [-0.2, 0) is 4.79 Å². The van der Waals surface area contributed by atoms with Crippen LogP contribution in [0.15, 0.2) is 0 Å². The highest BCUT2D eigenvalue weighted by atomic mass is 16.3. The van der Waals surface area contributed by atoms with Crippen LogP contribution in [0.3, 0.4) is 0 Å². The summed E-state index contributed by atoms with van der Waals surface area (Å²) in [7, 11) is 0. The minimum atomic E-state index is 0.194. The summed E-state index contributed by atoms with van der Waals surface area (Å²) in [6, 6.07) is 0.881. The summed E-state index contributed by atoms with van der Waals surface area (Å²) in [5.41, 5.74) is 0. The Bertz CT molecular complexity index is 309. The first-order chi connectivity index (χ1) is 9.70. The summed E-state index contributed by atoms with van der Waals surface area (Å²) in [6.45, 7) is 4.09. The Balaban J connectivity index is 1.75. The van der Waals surface area contributed by atoms with Gasteiger partial charge in [-0.2, -0.15) is 0 Å². The van der Waals surface area contributed by atoms with Gasteiger partial charge in [0.1, 0.15) is 0 Å². The summed E-state index contributed by atoms with van der Waals surface area (Å²) in [4.78, 5) is 14.5. The summed E-state index contributed by atoms with van der Waals surface area (Å²) < 4.78 is 0. The lowest BCUT2D eigenvalue weighted by atomic mass is 9.86. The number of aliphatic hydroxyl groups is 1.